The summed E-state index contributed by atoms with van der Waals surface area (Å²) in [7, 11) is 0. The quantitative estimate of drug-likeness (QED) is 0.722. The van der Waals surface area contributed by atoms with E-state index in [1.165, 1.54) is 32.1 Å². The maximum atomic E-state index is 9.63. The van der Waals surface area contributed by atoms with Crippen molar-refractivity contribution in [3.05, 3.63) is 12.8 Å². The smallest absolute Gasteiger partial charge is 0.109 e. The molecule has 4 bridgehead atoms. The molecule has 2 unspecified atom stereocenters. The third kappa shape index (κ3) is 1.34. The van der Waals surface area contributed by atoms with Gasteiger partial charge < -0.3 is 9.84 Å². The first-order valence-electron chi connectivity index (χ1n) is 6.09. The van der Waals surface area contributed by atoms with Crippen LogP contribution in [-0.4, -0.2) is 17.3 Å². The van der Waals surface area contributed by atoms with Gasteiger partial charge in [0.1, 0.15) is 5.60 Å². The molecule has 2 heteroatoms. The van der Waals surface area contributed by atoms with Crippen molar-refractivity contribution in [1.29, 1.82) is 0 Å². The molecule has 4 rings (SSSR count). The number of aliphatic hydroxyl groups is 1. The molecule has 0 radical (unpaired) electrons. The predicted molar refractivity (Wildman–Crippen MR) is 58.2 cm³/mol. The zero-order valence-electron chi connectivity index (χ0n) is 9.24. The van der Waals surface area contributed by atoms with E-state index in [0.717, 1.165) is 18.3 Å². The molecular formula is C13H20O2. The fraction of sp³-hybridized carbons (Fsp3) is 0.846. The molecule has 0 saturated heterocycles. The van der Waals surface area contributed by atoms with Gasteiger partial charge in [-0.3, -0.25) is 0 Å². The van der Waals surface area contributed by atoms with E-state index >= 15 is 0 Å². The second-order valence-electron chi connectivity index (χ2n) is 6.09. The van der Waals surface area contributed by atoms with Gasteiger partial charge in [-0.25, -0.2) is 0 Å². The van der Waals surface area contributed by atoms with Gasteiger partial charge in [0.15, 0.2) is 0 Å². The molecule has 0 aromatic heterocycles. The molecule has 0 aromatic carbocycles. The molecule has 0 amide bonds. The van der Waals surface area contributed by atoms with Crippen LogP contribution in [0, 0.1) is 17.3 Å². The van der Waals surface area contributed by atoms with Gasteiger partial charge in [0.25, 0.3) is 0 Å². The van der Waals surface area contributed by atoms with Crippen molar-refractivity contribution < 1.29 is 9.84 Å². The molecule has 84 valence electrons. The summed E-state index contributed by atoms with van der Waals surface area (Å²) in [6.07, 6.45) is 8.86. The SMILES string of the molecule is C=COC12CC3CC(CC(CO)(C3)C1)C2. The first kappa shape index (κ1) is 9.71. The van der Waals surface area contributed by atoms with E-state index in [-0.39, 0.29) is 11.0 Å². The van der Waals surface area contributed by atoms with E-state index in [0.29, 0.717) is 6.61 Å². The molecule has 15 heavy (non-hydrogen) atoms. The van der Waals surface area contributed by atoms with Crippen molar-refractivity contribution in [2.24, 2.45) is 17.3 Å². The highest BCUT2D eigenvalue weighted by atomic mass is 16.5. The van der Waals surface area contributed by atoms with Crippen LogP contribution in [0.15, 0.2) is 12.8 Å². The molecule has 2 atom stereocenters. The summed E-state index contributed by atoms with van der Waals surface area (Å²) in [5, 5.41) is 9.63. The van der Waals surface area contributed by atoms with Crippen molar-refractivity contribution >= 4 is 0 Å². The Labute approximate surface area is 91.3 Å². The Balaban J connectivity index is 1.91. The minimum absolute atomic E-state index is 0.0363. The summed E-state index contributed by atoms with van der Waals surface area (Å²) >= 11 is 0. The molecule has 4 aliphatic rings. The van der Waals surface area contributed by atoms with Gasteiger partial charge >= 0.3 is 0 Å². The van der Waals surface area contributed by atoms with Crippen LogP contribution in [0.2, 0.25) is 0 Å². The molecule has 0 heterocycles. The zero-order valence-corrected chi connectivity index (χ0v) is 9.24. The second-order valence-corrected chi connectivity index (χ2v) is 6.09. The van der Waals surface area contributed by atoms with Gasteiger partial charge in [-0.1, -0.05) is 6.58 Å². The fourth-order valence-electron chi connectivity index (χ4n) is 4.86. The third-order valence-corrected chi connectivity index (χ3v) is 4.80. The molecule has 0 aliphatic heterocycles. The first-order chi connectivity index (χ1) is 7.19. The summed E-state index contributed by atoms with van der Waals surface area (Å²) in [5.41, 5.74) is 0.224. The summed E-state index contributed by atoms with van der Waals surface area (Å²) in [6, 6.07) is 0. The van der Waals surface area contributed by atoms with E-state index in [2.05, 4.69) is 6.58 Å². The van der Waals surface area contributed by atoms with Crippen LogP contribution in [-0.2, 0) is 4.74 Å². The van der Waals surface area contributed by atoms with Crippen LogP contribution in [0.3, 0.4) is 0 Å². The Morgan fingerprint density at radius 2 is 1.93 bits per heavy atom. The van der Waals surface area contributed by atoms with Crippen LogP contribution in [0.4, 0.5) is 0 Å². The van der Waals surface area contributed by atoms with Crippen molar-refractivity contribution in [2.45, 2.75) is 44.1 Å². The first-order valence-corrected chi connectivity index (χ1v) is 6.09. The van der Waals surface area contributed by atoms with E-state index in [1.807, 2.05) is 0 Å². The van der Waals surface area contributed by atoms with Crippen LogP contribution in [0.5, 0.6) is 0 Å². The highest BCUT2D eigenvalue weighted by molar-refractivity contribution is 5.09. The minimum Gasteiger partial charge on any atom is -0.495 e. The van der Waals surface area contributed by atoms with Gasteiger partial charge in [0, 0.05) is 6.61 Å². The molecule has 1 N–H and O–H groups in total. The summed E-state index contributed by atoms with van der Waals surface area (Å²) < 4.78 is 5.82. The zero-order chi connectivity index (χ0) is 10.5. The molecule has 2 nitrogen and oxygen atoms in total. The lowest BCUT2D eigenvalue weighted by Gasteiger charge is -2.60. The maximum Gasteiger partial charge on any atom is 0.109 e. The molecular weight excluding hydrogens is 188 g/mol. The van der Waals surface area contributed by atoms with Crippen molar-refractivity contribution in [1.82, 2.24) is 0 Å². The predicted octanol–water partition coefficient (Wildman–Crippen LogP) is 2.48. The number of hydrogen-bond donors (Lipinski definition) is 1. The lowest BCUT2D eigenvalue weighted by molar-refractivity contribution is -0.178. The Kier molecular flexibility index (Phi) is 1.94. The van der Waals surface area contributed by atoms with Crippen LogP contribution in [0.1, 0.15) is 38.5 Å². The fourth-order valence-corrected chi connectivity index (χ4v) is 4.86. The summed E-state index contributed by atoms with van der Waals surface area (Å²) in [6.45, 7) is 4.05. The monoisotopic (exact) mass is 208 g/mol. The maximum absolute atomic E-state index is 9.63. The van der Waals surface area contributed by atoms with E-state index < -0.39 is 0 Å². The molecule has 0 spiro atoms. The van der Waals surface area contributed by atoms with Gasteiger partial charge in [-0.2, -0.15) is 0 Å². The van der Waals surface area contributed by atoms with E-state index in [1.54, 1.807) is 6.26 Å². The topological polar surface area (TPSA) is 29.5 Å². The van der Waals surface area contributed by atoms with Crippen LogP contribution in [0.25, 0.3) is 0 Å². The second kappa shape index (κ2) is 3.00. The average molecular weight is 208 g/mol. The van der Waals surface area contributed by atoms with Gasteiger partial charge in [0.05, 0.1) is 6.26 Å². The molecule has 4 fully saturated rings. The average Bonchev–Trinajstić information content (AvgIpc) is 2.15. The summed E-state index contributed by atoms with van der Waals surface area (Å²) in [4.78, 5) is 0. The minimum atomic E-state index is 0.0363. The Bertz CT molecular complexity index is 270. The third-order valence-electron chi connectivity index (χ3n) is 4.80. The van der Waals surface area contributed by atoms with Crippen LogP contribution < -0.4 is 0 Å². The molecule has 4 aliphatic carbocycles. The Hall–Kier alpha value is -0.500. The van der Waals surface area contributed by atoms with E-state index in [9.17, 15) is 5.11 Å². The number of hydrogen-bond acceptors (Lipinski definition) is 2. The number of ether oxygens (including phenoxy) is 1. The Morgan fingerprint density at radius 1 is 1.27 bits per heavy atom. The lowest BCUT2D eigenvalue weighted by Crippen LogP contribution is -2.57. The lowest BCUT2D eigenvalue weighted by atomic mass is 9.48. The van der Waals surface area contributed by atoms with Gasteiger partial charge in [0.2, 0.25) is 0 Å². The number of aliphatic hydroxyl groups excluding tert-OH is 1. The highest BCUT2D eigenvalue weighted by Gasteiger charge is 2.58. The van der Waals surface area contributed by atoms with Crippen molar-refractivity contribution in [3.8, 4) is 0 Å². The largest absolute Gasteiger partial charge is 0.495 e. The van der Waals surface area contributed by atoms with Gasteiger partial charge in [-0.05, 0) is 55.8 Å². The van der Waals surface area contributed by atoms with Crippen LogP contribution >= 0.6 is 0 Å². The van der Waals surface area contributed by atoms with Crippen molar-refractivity contribution in [2.75, 3.05) is 6.61 Å². The molecule has 0 aromatic rings. The Morgan fingerprint density at radius 3 is 2.47 bits per heavy atom. The summed E-state index contributed by atoms with van der Waals surface area (Å²) in [5.74, 6) is 1.58. The normalized spacial score (nSPS) is 51.8. The highest BCUT2D eigenvalue weighted by Crippen LogP contribution is 2.62. The number of rotatable bonds is 3. The standard InChI is InChI=1S/C13H20O2/c1-2-15-13-6-10-3-11(7-13)5-12(4-10,8-13)9-14/h2,10-11,14H,1,3-9H2. The van der Waals surface area contributed by atoms with Gasteiger partial charge in [-0.15, -0.1) is 0 Å². The van der Waals surface area contributed by atoms with Crippen molar-refractivity contribution in [3.63, 3.8) is 0 Å². The molecule has 4 saturated carbocycles. The van der Waals surface area contributed by atoms with E-state index in [4.69, 9.17) is 4.74 Å².